The predicted molar refractivity (Wildman–Crippen MR) is 81.0 cm³/mol. The first kappa shape index (κ1) is 13.3. The van der Waals surface area contributed by atoms with Gasteiger partial charge in [-0.1, -0.05) is 6.07 Å². The van der Waals surface area contributed by atoms with Gasteiger partial charge in [0.25, 0.3) is 0 Å². The van der Waals surface area contributed by atoms with E-state index in [1.54, 1.807) is 24.5 Å². The number of halogens is 1. The number of aromatic nitrogens is 2. The Kier molecular flexibility index (Phi) is 3.64. The molecule has 0 radical (unpaired) electrons. The third kappa shape index (κ3) is 3.08. The van der Waals surface area contributed by atoms with E-state index < -0.39 is 0 Å². The van der Waals surface area contributed by atoms with E-state index in [-0.39, 0.29) is 11.4 Å². The number of anilines is 1. The summed E-state index contributed by atoms with van der Waals surface area (Å²) in [7, 11) is 0. The number of H-pyrrole nitrogens is 1. The summed E-state index contributed by atoms with van der Waals surface area (Å²) in [5.41, 5.74) is 1.89. The molecule has 3 rings (SSSR count). The van der Waals surface area contributed by atoms with Gasteiger partial charge >= 0.3 is 0 Å². The quantitative estimate of drug-likeness (QED) is 0.774. The van der Waals surface area contributed by atoms with Gasteiger partial charge in [-0.25, -0.2) is 4.39 Å². The number of rotatable bonds is 4. The molecule has 2 aromatic heterocycles. The molecule has 0 aliphatic rings. The zero-order chi connectivity index (χ0) is 14.7. The van der Waals surface area contributed by atoms with Crippen molar-refractivity contribution in [3.05, 3.63) is 70.5 Å². The second-order valence-electron chi connectivity index (χ2n) is 4.78. The number of hydrogen-bond acceptors (Lipinski definition) is 3. The summed E-state index contributed by atoms with van der Waals surface area (Å²) < 4.78 is 14.0. The number of hydrogen-bond donors (Lipinski definition) is 2. The molecule has 0 atom stereocenters. The van der Waals surface area contributed by atoms with Gasteiger partial charge < -0.3 is 10.3 Å². The molecule has 0 amide bonds. The Labute approximate surface area is 120 Å². The number of pyridine rings is 2. The van der Waals surface area contributed by atoms with Crippen LogP contribution in [0.2, 0.25) is 0 Å². The van der Waals surface area contributed by atoms with Crippen molar-refractivity contribution in [1.82, 2.24) is 9.97 Å². The molecule has 0 spiro atoms. The van der Waals surface area contributed by atoms with E-state index >= 15 is 0 Å². The van der Waals surface area contributed by atoms with Crippen LogP contribution in [0.1, 0.15) is 5.56 Å². The highest BCUT2D eigenvalue weighted by Gasteiger charge is 2.05. The minimum Gasteiger partial charge on any atom is -0.382 e. The second-order valence-corrected chi connectivity index (χ2v) is 4.78. The summed E-state index contributed by atoms with van der Waals surface area (Å²) in [6.07, 6.45) is 4.25. The fourth-order valence-corrected chi connectivity index (χ4v) is 2.20. The number of fused-ring (bicyclic) bond motifs is 1. The molecule has 21 heavy (non-hydrogen) atoms. The Bertz CT molecular complexity index is 815. The summed E-state index contributed by atoms with van der Waals surface area (Å²) in [4.78, 5) is 18.0. The molecule has 0 bridgehead atoms. The highest BCUT2D eigenvalue weighted by atomic mass is 19.1. The van der Waals surface area contributed by atoms with Crippen molar-refractivity contribution in [2.75, 3.05) is 11.9 Å². The molecule has 0 aliphatic carbocycles. The highest BCUT2D eigenvalue weighted by molar-refractivity contribution is 5.82. The maximum Gasteiger partial charge on any atom is 0.248 e. The van der Waals surface area contributed by atoms with Crippen LogP contribution in [0, 0.1) is 5.82 Å². The van der Waals surface area contributed by atoms with E-state index in [1.807, 2.05) is 12.1 Å². The molecule has 2 N–H and O–H groups in total. The van der Waals surface area contributed by atoms with Gasteiger partial charge in [0.15, 0.2) is 0 Å². The zero-order valence-corrected chi connectivity index (χ0v) is 11.3. The Morgan fingerprint density at radius 1 is 1.24 bits per heavy atom. The number of nitrogens with zero attached hydrogens (tertiary/aromatic N) is 1. The zero-order valence-electron chi connectivity index (χ0n) is 11.3. The van der Waals surface area contributed by atoms with Gasteiger partial charge in [-0.2, -0.15) is 0 Å². The van der Waals surface area contributed by atoms with E-state index in [2.05, 4.69) is 15.3 Å². The number of nitrogens with one attached hydrogen (secondary N) is 2. The van der Waals surface area contributed by atoms with Gasteiger partial charge in [0, 0.05) is 30.4 Å². The SMILES string of the molecule is O=c1ccc2cc(F)c(NCCc3cccnc3)cc2[nH]1. The van der Waals surface area contributed by atoms with Crippen LogP contribution in [0.15, 0.2) is 53.6 Å². The maximum atomic E-state index is 14.0. The highest BCUT2D eigenvalue weighted by Crippen LogP contribution is 2.20. The van der Waals surface area contributed by atoms with Gasteiger partial charge in [-0.15, -0.1) is 0 Å². The van der Waals surface area contributed by atoms with Crippen LogP contribution in [0.5, 0.6) is 0 Å². The van der Waals surface area contributed by atoms with Crippen LogP contribution in [-0.4, -0.2) is 16.5 Å². The Balaban J connectivity index is 1.77. The van der Waals surface area contributed by atoms with Crippen molar-refractivity contribution in [2.45, 2.75) is 6.42 Å². The molecule has 2 heterocycles. The monoisotopic (exact) mass is 283 g/mol. The van der Waals surface area contributed by atoms with Crippen molar-refractivity contribution >= 4 is 16.6 Å². The first-order valence-corrected chi connectivity index (χ1v) is 6.68. The predicted octanol–water partition coefficient (Wildman–Crippen LogP) is 2.72. The van der Waals surface area contributed by atoms with Gasteiger partial charge in [0.1, 0.15) is 5.82 Å². The number of aromatic amines is 1. The van der Waals surface area contributed by atoms with Gasteiger partial charge in [-0.05, 0) is 36.2 Å². The van der Waals surface area contributed by atoms with Gasteiger partial charge in [-0.3, -0.25) is 9.78 Å². The maximum absolute atomic E-state index is 14.0. The summed E-state index contributed by atoms with van der Waals surface area (Å²) in [6.45, 7) is 0.588. The fraction of sp³-hybridized carbons (Fsp3) is 0.125. The van der Waals surface area contributed by atoms with Crippen molar-refractivity contribution in [1.29, 1.82) is 0 Å². The molecule has 106 valence electrons. The third-order valence-electron chi connectivity index (χ3n) is 3.26. The van der Waals surface area contributed by atoms with Crippen LogP contribution in [-0.2, 0) is 6.42 Å². The van der Waals surface area contributed by atoms with Crippen molar-refractivity contribution in [3.63, 3.8) is 0 Å². The average Bonchev–Trinajstić information content (AvgIpc) is 2.49. The molecule has 4 nitrogen and oxygen atoms in total. The van der Waals surface area contributed by atoms with E-state index in [9.17, 15) is 9.18 Å². The van der Waals surface area contributed by atoms with E-state index in [1.165, 1.54) is 12.1 Å². The molecule has 0 saturated heterocycles. The molecule has 0 fully saturated rings. The van der Waals surface area contributed by atoms with Crippen LogP contribution >= 0.6 is 0 Å². The molecule has 0 unspecified atom stereocenters. The largest absolute Gasteiger partial charge is 0.382 e. The summed E-state index contributed by atoms with van der Waals surface area (Å²) in [5.74, 6) is -0.333. The van der Waals surface area contributed by atoms with Crippen molar-refractivity contribution < 1.29 is 4.39 Å². The lowest BCUT2D eigenvalue weighted by Gasteiger charge is -2.09. The summed E-state index contributed by atoms with van der Waals surface area (Å²) in [5, 5.41) is 3.72. The summed E-state index contributed by atoms with van der Waals surface area (Å²) >= 11 is 0. The van der Waals surface area contributed by atoms with Crippen LogP contribution < -0.4 is 10.9 Å². The minimum atomic E-state index is -0.333. The lowest BCUT2D eigenvalue weighted by molar-refractivity contribution is 0.632. The molecule has 3 aromatic rings. The van der Waals surface area contributed by atoms with Crippen molar-refractivity contribution in [2.24, 2.45) is 0 Å². The standard InChI is InChI=1S/C16H14FN3O/c17-13-8-12-3-4-16(21)20-14(12)9-15(13)19-7-5-11-2-1-6-18-10-11/h1-4,6,8-10,19H,5,7H2,(H,20,21). The first-order chi connectivity index (χ1) is 10.2. The minimum absolute atomic E-state index is 0.199. The Morgan fingerprint density at radius 2 is 2.14 bits per heavy atom. The van der Waals surface area contributed by atoms with Crippen LogP contribution in [0.4, 0.5) is 10.1 Å². The number of benzene rings is 1. The van der Waals surface area contributed by atoms with E-state index in [0.29, 0.717) is 23.1 Å². The molecule has 5 heteroatoms. The smallest absolute Gasteiger partial charge is 0.248 e. The lowest BCUT2D eigenvalue weighted by atomic mass is 10.1. The van der Waals surface area contributed by atoms with Crippen LogP contribution in [0.3, 0.4) is 0 Å². The Hall–Kier alpha value is -2.69. The molecule has 1 aromatic carbocycles. The third-order valence-corrected chi connectivity index (χ3v) is 3.26. The average molecular weight is 283 g/mol. The lowest BCUT2D eigenvalue weighted by Crippen LogP contribution is -2.08. The fourth-order valence-electron chi connectivity index (χ4n) is 2.20. The second kappa shape index (κ2) is 5.75. The van der Waals surface area contributed by atoms with Crippen molar-refractivity contribution in [3.8, 4) is 0 Å². The van der Waals surface area contributed by atoms with Crippen LogP contribution in [0.25, 0.3) is 10.9 Å². The van der Waals surface area contributed by atoms with E-state index in [0.717, 1.165) is 12.0 Å². The van der Waals surface area contributed by atoms with Gasteiger partial charge in [0.05, 0.1) is 11.2 Å². The molecular formula is C16H14FN3O. The normalized spacial score (nSPS) is 10.7. The topological polar surface area (TPSA) is 57.8 Å². The van der Waals surface area contributed by atoms with Gasteiger partial charge in [0.2, 0.25) is 5.56 Å². The molecule has 0 saturated carbocycles. The molecule has 0 aliphatic heterocycles. The molecular weight excluding hydrogens is 269 g/mol. The van der Waals surface area contributed by atoms with E-state index in [4.69, 9.17) is 0 Å². The first-order valence-electron chi connectivity index (χ1n) is 6.68. The summed E-state index contributed by atoms with van der Waals surface area (Å²) in [6, 6.07) is 9.88. The Morgan fingerprint density at radius 3 is 2.95 bits per heavy atom.